The summed E-state index contributed by atoms with van der Waals surface area (Å²) in [6.45, 7) is 2.70. The van der Waals surface area contributed by atoms with Crippen molar-refractivity contribution < 1.29 is 14.3 Å². The highest BCUT2D eigenvalue weighted by molar-refractivity contribution is 5.92. The van der Waals surface area contributed by atoms with Gasteiger partial charge in [0, 0.05) is 0 Å². The summed E-state index contributed by atoms with van der Waals surface area (Å²) in [6.07, 6.45) is 1.65. The van der Waals surface area contributed by atoms with E-state index in [1.54, 1.807) is 10.9 Å². The molecule has 1 unspecified atom stereocenters. The van der Waals surface area contributed by atoms with Crippen molar-refractivity contribution in [2.24, 2.45) is 0 Å². The number of ether oxygens (including phenoxy) is 2. The minimum Gasteiger partial charge on any atom is -0.454 e. The second kappa shape index (κ2) is 6.87. The van der Waals surface area contributed by atoms with E-state index in [2.05, 4.69) is 15.6 Å². The van der Waals surface area contributed by atoms with Gasteiger partial charge in [-0.1, -0.05) is 41.6 Å². The SMILES string of the molecule is CC(NC(=O)c1cn(Cc2ccccc2)nn1)c1ccc2c(c1)OCO2. The maximum Gasteiger partial charge on any atom is 0.273 e. The lowest BCUT2D eigenvalue weighted by Gasteiger charge is -2.13. The molecule has 1 atom stereocenters. The van der Waals surface area contributed by atoms with Gasteiger partial charge in [0.1, 0.15) is 0 Å². The molecule has 1 amide bonds. The first-order valence-corrected chi connectivity index (χ1v) is 8.33. The number of carbonyl (C=O) groups is 1. The molecule has 26 heavy (non-hydrogen) atoms. The second-order valence-corrected chi connectivity index (χ2v) is 6.09. The van der Waals surface area contributed by atoms with Crippen LogP contribution in [0.15, 0.2) is 54.7 Å². The Morgan fingerprint density at radius 1 is 1.19 bits per heavy atom. The highest BCUT2D eigenvalue weighted by Gasteiger charge is 2.18. The van der Waals surface area contributed by atoms with Crippen molar-refractivity contribution in [1.82, 2.24) is 20.3 Å². The Morgan fingerprint density at radius 3 is 2.85 bits per heavy atom. The van der Waals surface area contributed by atoms with Crippen molar-refractivity contribution >= 4 is 5.91 Å². The maximum absolute atomic E-state index is 12.4. The molecule has 4 rings (SSSR count). The summed E-state index contributed by atoms with van der Waals surface area (Å²) in [5.74, 6) is 1.14. The number of aromatic nitrogens is 3. The monoisotopic (exact) mass is 350 g/mol. The van der Waals surface area contributed by atoms with Gasteiger partial charge in [0.15, 0.2) is 17.2 Å². The number of carbonyl (C=O) groups excluding carboxylic acids is 1. The van der Waals surface area contributed by atoms with E-state index in [-0.39, 0.29) is 24.4 Å². The van der Waals surface area contributed by atoms with Crippen molar-refractivity contribution in [3.8, 4) is 11.5 Å². The van der Waals surface area contributed by atoms with Gasteiger partial charge in [-0.15, -0.1) is 5.10 Å². The largest absolute Gasteiger partial charge is 0.454 e. The maximum atomic E-state index is 12.4. The molecule has 1 aromatic heterocycles. The summed E-state index contributed by atoms with van der Waals surface area (Å²) in [5.41, 5.74) is 2.31. The minimum absolute atomic E-state index is 0.198. The molecule has 2 heterocycles. The lowest BCUT2D eigenvalue weighted by atomic mass is 10.1. The first-order chi connectivity index (χ1) is 12.7. The fraction of sp³-hybridized carbons (Fsp3) is 0.211. The lowest BCUT2D eigenvalue weighted by molar-refractivity contribution is 0.0934. The van der Waals surface area contributed by atoms with E-state index in [1.165, 1.54) is 0 Å². The molecule has 0 spiro atoms. The van der Waals surface area contributed by atoms with Gasteiger partial charge in [0.05, 0.1) is 18.8 Å². The number of nitrogens with one attached hydrogen (secondary N) is 1. The zero-order valence-electron chi connectivity index (χ0n) is 14.3. The van der Waals surface area contributed by atoms with Crippen LogP contribution >= 0.6 is 0 Å². The third-order valence-corrected chi connectivity index (χ3v) is 4.20. The Labute approximate surface area is 150 Å². The Kier molecular flexibility index (Phi) is 4.27. The normalized spacial score (nSPS) is 13.4. The van der Waals surface area contributed by atoms with Crippen LogP contribution in [0.4, 0.5) is 0 Å². The number of rotatable bonds is 5. The van der Waals surface area contributed by atoms with E-state index < -0.39 is 0 Å². The van der Waals surface area contributed by atoms with Crippen LogP contribution in [-0.4, -0.2) is 27.7 Å². The topological polar surface area (TPSA) is 78.3 Å². The van der Waals surface area contributed by atoms with E-state index in [9.17, 15) is 4.79 Å². The zero-order valence-corrected chi connectivity index (χ0v) is 14.3. The highest BCUT2D eigenvalue weighted by Crippen LogP contribution is 2.34. The van der Waals surface area contributed by atoms with E-state index in [0.717, 1.165) is 16.9 Å². The number of fused-ring (bicyclic) bond motifs is 1. The molecule has 1 aliphatic rings. The molecular weight excluding hydrogens is 332 g/mol. The van der Waals surface area contributed by atoms with Crippen LogP contribution in [0.2, 0.25) is 0 Å². The van der Waals surface area contributed by atoms with Gasteiger partial charge in [-0.3, -0.25) is 4.79 Å². The van der Waals surface area contributed by atoms with Crippen LogP contribution in [0.5, 0.6) is 11.5 Å². The quantitative estimate of drug-likeness (QED) is 0.765. The summed E-state index contributed by atoms with van der Waals surface area (Å²) < 4.78 is 12.3. The van der Waals surface area contributed by atoms with Gasteiger partial charge in [-0.2, -0.15) is 0 Å². The van der Waals surface area contributed by atoms with E-state index >= 15 is 0 Å². The Balaban J connectivity index is 1.41. The van der Waals surface area contributed by atoms with Gasteiger partial charge in [0.2, 0.25) is 6.79 Å². The van der Waals surface area contributed by atoms with E-state index in [1.807, 2.05) is 55.5 Å². The van der Waals surface area contributed by atoms with Gasteiger partial charge >= 0.3 is 0 Å². The second-order valence-electron chi connectivity index (χ2n) is 6.09. The number of nitrogens with zero attached hydrogens (tertiary/aromatic N) is 3. The van der Waals surface area contributed by atoms with Gasteiger partial charge < -0.3 is 14.8 Å². The molecule has 132 valence electrons. The molecule has 7 nitrogen and oxygen atoms in total. The lowest BCUT2D eigenvalue weighted by Crippen LogP contribution is -2.27. The standard InChI is InChI=1S/C19H18N4O3/c1-13(15-7-8-17-18(9-15)26-12-25-17)20-19(24)16-11-23(22-21-16)10-14-5-3-2-4-6-14/h2-9,11,13H,10,12H2,1H3,(H,20,24). The minimum atomic E-state index is -0.269. The summed E-state index contributed by atoms with van der Waals surface area (Å²) in [7, 11) is 0. The number of amides is 1. The molecule has 1 aliphatic heterocycles. The molecule has 2 aromatic carbocycles. The average Bonchev–Trinajstić information content (AvgIpc) is 3.31. The Morgan fingerprint density at radius 2 is 2.00 bits per heavy atom. The number of benzene rings is 2. The van der Waals surface area contributed by atoms with Crippen molar-refractivity contribution in [1.29, 1.82) is 0 Å². The molecule has 7 heteroatoms. The fourth-order valence-corrected chi connectivity index (χ4v) is 2.79. The predicted octanol–water partition coefficient (Wildman–Crippen LogP) is 2.55. The van der Waals surface area contributed by atoms with E-state index in [4.69, 9.17) is 9.47 Å². The summed E-state index contributed by atoms with van der Waals surface area (Å²) in [4.78, 5) is 12.4. The fourth-order valence-electron chi connectivity index (χ4n) is 2.79. The Bertz CT molecular complexity index is 924. The van der Waals surface area contributed by atoms with Crippen molar-refractivity contribution in [2.75, 3.05) is 6.79 Å². The van der Waals surface area contributed by atoms with Crippen LogP contribution in [0.3, 0.4) is 0 Å². The number of hydrogen-bond donors (Lipinski definition) is 1. The zero-order chi connectivity index (χ0) is 17.9. The molecule has 0 aliphatic carbocycles. The first kappa shape index (κ1) is 16.1. The molecule has 0 fully saturated rings. The van der Waals surface area contributed by atoms with Gasteiger partial charge in [-0.25, -0.2) is 4.68 Å². The van der Waals surface area contributed by atoms with Crippen molar-refractivity contribution in [3.63, 3.8) is 0 Å². The van der Waals surface area contributed by atoms with E-state index in [0.29, 0.717) is 12.3 Å². The molecule has 0 saturated heterocycles. The first-order valence-electron chi connectivity index (χ1n) is 8.33. The summed E-state index contributed by atoms with van der Waals surface area (Å²) in [6, 6.07) is 15.3. The molecule has 3 aromatic rings. The van der Waals surface area contributed by atoms with Gasteiger partial charge in [-0.05, 0) is 30.2 Å². The Hall–Kier alpha value is -3.35. The molecule has 0 bridgehead atoms. The highest BCUT2D eigenvalue weighted by atomic mass is 16.7. The van der Waals surface area contributed by atoms with Crippen LogP contribution in [0.1, 0.15) is 34.6 Å². The molecule has 0 radical (unpaired) electrons. The van der Waals surface area contributed by atoms with Gasteiger partial charge in [0.25, 0.3) is 5.91 Å². The molecular formula is C19H18N4O3. The summed E-state index contributed by atoms with van der Waals surface area (Å²) in [5, 5.41) is 10.9. The van der Waals surface area contributed by atoms with Crippen LogP contribution in [0, 0.1) is 0 Å². The van der Waals surface area contributed by atoms with Crippen LogP contribution in [-0.2, 0) is 6.54 Å². The van der Waals surface area contributed by atoms with Crippen LogP contribution in [0.25, 0.3) is 0 Å². The van der Waals surface area contributed by atoms with Crippen molar-refractivity contribution in [2.45, 2.75) is 19.5 Å². The number of hydrogen-bond acceptors (Lipinski definition) is 5. The third-order valence-electron chi connectivity index (χ3n) is 4.20. The molecule has 0 saturated carbocycles. The predicted molar refractivity (Wildman–Crippen MR) is 94.0 cm³/mol. The van der Waals surface area contributed by atoms with Crippen LogP contribution < -0.4 is 14.8 Å². The summed E-state index contributed by atoms with van der Waals surface area (Å²) >= 11 is 0. The molecule has 1 N–H and O–H groups in total. The van der Waals surface area contributed by atoms with Crippen molar-refractivity contribution in [3.05, 3.63) is 71.5 Å². The smallest absolute Gasteiger partial charge is 0.273 e. The average molecular weight is 350 g/mol. The third kappa shape index (κ3) is 3.37.